The van der Waals surface area contributed by atoms with Crippen molar-refractivity contribution < 1.29 is 0 Å². The van der Waals surface area contributed by atoms with E-state index in [0.717, 1.165) is 19.4 Å². The Hall–Kier alpha value is -0.790. The maximum Gasteiger partial charge on any atom is 0.0456 e. The number of nitrogens with zero attached hydrogens (tertiary/aromatic N) is 1. The molecule has 0 radical (unpaired) electrons. The number of allylic oxidation sites excluding steroid dienone is 1. The van der Waals surface area contributed by atoms with Crippen LogP contribution in [-0.2, 0) is 0 Å². The van der Waals surface area contributed by atoms with E-state index in [4.69, 9.17) is 0 Å². The summed E-state index contributed by atoms with van der Waals surface area (Å²) in [5, 5.41) is 3.35. The Bertz CT molecular complexity index is 192. The molecule has 0 aromatic carbocycles. The van der Waals surface area contributed by atoms with Gasteiger partial charge in [0.05, 0.1) is 0 Å². The molecule has 0 atom stereocenters. The monoisotopic (exact) mass is 196 g/mol. The van der Waals surface area contributed by atoms with Gasteiger partial charge in [0.15, 0.2) is 0 Å². The van der Waals surface area contributed by atoms with Crippen molar-refractivity contribution in [1.82, 2.24) is 5.32 Å². The number of aliphatic imine (C=N–C) groups is 1. The average molecular weight is 196 g/mol. The molecule has 0 rings (SSSR count). The molecule has 82 valence electrons. The molecular weight excluding hydrogens is 172 g/mol. The van der Waals surface area contributed by atoms with Gasteiger partial charge >= 0.3 is 0 Å². The molecule has 0 saturated heterocycles. The Kier molecular flexibility index (Phi) is 8.30. The van der Waals surface area contributed by atoms with Crippen LogP contribution in [0.4, 0.5) is 0 Å². The molecular formula is C12H24N2. The summed E-state index contributed by atoms with van der Waals surface area (Å²) in [5.41, 5.74) is 2.46. The summed E-state index contributed by atoms with van der Waals surface area (Å²) in [5.74, 6) is 0. The van der Waals surface area contributed by atoms with E-state index in [1.54, 1.807) is 0 Å². The van der Waals surface area contributed by atoms with Gasteiger partial charge in [0, 0.05) is 24.2 Å². The van der Waals surface area contributed by atoms with Crippen molar-refractivity contribution in [3.63, 3.8) is 0 Å². The first-order valence-corrected chi connectivity index (χ1v) is 5.70. The van der Waals surface area contributed by atoms with Crippen molar-refractivity contribution in [3.05, 3.63) is 11.9 Å². The predicted molar refractivity (Wildman–Crippen MR) is 64.7 cm³/mol. The largest absolute Gasteiger partial charge is 0.387 e. The van der Waals surface area contributed by atoms with Crippen LogP contribution in [0.1, 0.15) is 53.4 Å². The fourth-order valence-electron chi connectivity index (χ4n) is 1.07. The lowest BCUT2D eigenvalue weighted by atomic mass is 10.2. The van der Waals surface area contributed by atoms with Crippen molar-refractivity contribution in [1.29, 1.82) is 0 Å². The minimum atomic E-state index is 0.982. The van der Waals surface area contributed by atoms with E-state index in [9.17, 15) is 0 Å². The zero-order chi connectivity index (χ0) is 10.8. The van der Waals surface area contributed by atoms with Crippen molar-refractivity contribution in [2.24, 2.45) is 4.99 Å². The zero-order valence-electron chi connectivity index (χ0n) is 10.1. The van der Waals surface area contributed by atoms with E-state index in [2.05, 4.69) is 38.0 Å². The molecule has 0 bridgehead atoms. The predicted octanol–water partition coefficient (Wildman–Crippen LogP) is 3.50. The molecule has 0 aromatic rings. The molecule has 0 heterocycles. The number of hydrogen-bond donors (Lipinski definition) is 1. The SMILES string of the molecule is CCCC/C(=C/N=C(C)CC)NCC. The topological polar surface area (TPSA) is 24.4 Å². The third-order valence-corrected chi connectivity index (χ3v) is 2.16. The van der Waals surface area contributed by atoms with Gasteiger partial charge in [-0.2, -0.15) is 0 Å². The van der Waals surface area contributed by atoms with Gasteiger partial charge in [-0.15, -0.1) is 0 Å². The third kappa shape index (κ3) is 6.70. The van der Waals surface area contributed by atoms with Gasteiger partial charge in [-0.25, -0.2) is 0 Å². The van der Waals surface area contributed by atoms with Crippen LogP contribution in [-0.4, -0.2) is 12.3 Å². The molecule has 0 spiro atoms. The molecule has 2 nitrogen and oxygen atoms in total. The Balaban J connectivity index is 4.16. The van der Waals surface area contributed by atoms with Crippen molar-refractivity contribution in [2.75, 3.05) is 6.54 Å². The molecule has 0 amide bonds. The van der Waals surface area contributed by atoms with E-state index in [1.807, 2.05) is 6.20 Å². The molecule has 0 aliphatic rings. The quantitative estimate of drug-likeness (QED) is 0.619. The Morgan fingerprint density at radius 2 is 2.00 bits per heavy atom. The van der Waals surface area contributed by atoms with Crippen LogP contribution >= 0.6 is 0 Å². The second-order valence-corrected chi connectivity index (χ2v) is 3.51. The standard InChI is InChI=1S/C12H24N2/c1-5-8-9-12(13-7-3)10-14-11(4)6-2/h10,13H,5-9H2,1-4H3/b12-10-,14-11?. The van der Waals surface area contributed by atoms with Crippen molar-refractivity contribution in [2.45, 2.75) is 53.4 Å². The van der Waals surface area contributed by atoms with Gasteiger partial charge in [-0.1, -0.05) is 20.3 Å². The zero-order valence-corrected chi connectivity index (χ0v) is 10.1. The van der Waals surface area contributed by atoms with Gasteiger partial charge in [-0.05, 0) is 33.1 Å². The average Bonchev–Trinajstić information content (AvgIpc) is 2.21. The van der Waals surface area contributed by atoms with Crippen LogP contribution in [0, 0.1) is 0 Å². The molecule has 0 aliphatic carbocycles. The molecule has 2 heteroatoms. The lowest BCUT2D eigenvalue weighted by Gasteiger charge is -2.06. The van der Waals surface area contributed by atoms with E-state index < -0.39 is 0 Å². The highest BCUT2D eigenvalue weighted by atomic mass is 14.9. The summed E-state index contributed by atoms with van der Waals surface area (Å²) in [6.45, 7) is 9.52. The van der Waals surface area contributed by atoms with Crippen LogP contribution in [0.5, 0.6) is 0 Å². The van der Waals surface area contributed by atoms with Crippen molar-refractivity contribution in [3.8, 4) is 0 Å². The van der Waals surface area contributed by atoms with E-state index in [1.165, 1.54) is 24.3 Å². The van der Waals surface area contributed by atoms with Crippen molar-refractivity contribution >= 4 is 5.71 Å². The number of hydrogen-bond acceptors (Lipinski definition) is 2. The van der Waals surface area contributed by atoms with Gasteiger partial charge in [0.1, 0.15) is 0 Å². The lowest BCUT2D eigenvalue weighted by molar-refractivity contribution is 0.713. The molecule has 0 fully saturated rings. The maximum absolute atomic E-state index is 4.41. The lowest BCUT2D eigenvalue weighted by Crippen LogP contribution is -2.11. The molecule has 14 heavy (non-hydrogen) atoms. The van der Waals surface area contributed by atoms with Crippen LogP contribution in [0.15, 0.2) is 16.9 Å². The fraction of sp³-hybridized carbons (Fsp3) is 0.750. The number of unbranched alkanes of at least 4 members (excludes halogenated alkanes) is 1. The number of rotatable bonds is 7. The third-order valence-electron chi connectivity index (χ3n) is 2.16. The molecule has 0 unspecified atom stereocenters. The summed E-state index contributed by atoms with van der Waals surface area (Å²) in [6.07, 6.45) is 6.60. The summed E-state index contributed by atoms with van der Waals surface area (Å²) < 4.78 is 0. The normalized spacial score (nSPS) is 13.1. The molecule has 0 aromatic heterocycles. The first-order valence-electron chi connectivity index (χ1n) is 5.70. The molecule has 1 N–H and O–H groups in total. The van der Waals surface area contributed by atoms with Gasteiger partial charge in [0.2, 0.25) is 0 Å². The maximum atomic E-state index is 4.41. The smallest absolute Gasteiger partial charge is 0.0456 e. The molecule has 0 aliphatic heterocycles. The van der Waals surface area contributed by atoms with Crippen LogP contribution in [0.25, 0.3) is 0 Å². The Morgan fingerprint density at radius 1 is 1.29 bits per heavy atom. The van der Waals surface area contributed by atoms with Gasteiger partial charge in [-0.3, -0.25) is 4.99 Å². The van der Waals surface area contributed by atoms with E-state index >= 15 is 0 Å². The second kappa shape index (κ2) is 8.79. The second-order valence-electron chi connectivity index (χ2n) is 3.51. The Labute approximate surface area is 88.5 Å². The first-order chi connectivity index (χ1) is 6.74. The van der Waals surface area contributed by atoms with Crippen LogP contribution in [0.3, 0.4) is 0 Å². The fourth-order valence-corrected chi connectivity index (χ4v) is 1.07. The van der Waals surface area contributed by atoms with Gasteiger partial charge in [0.25, 0.3) is 0 Å². The highest BCUT2D eigenvalue weighted by molar-refractivity contribution is 5.82. The van der Waals surface area contributed by atoms with Crippen LogP contribution < -0.4 is 5.32 Å². The van der Waals surface area contributed by atoms with Gasteiger partial charge < -0.3 is 5.32 Å². The molecule has 0 saturated carbocycles. The Morgan fingerprint density at radius 3 is 2.50 bits per heavy atom. The minimum Gasteiger partial charge on any atom is -0.387 e. The summed E-state index contributed by atoms with van der Waals surface area (Å²) >= 11 is 0. The van der Waals surface area contributed by atoms with E-state index in [0.29, 0.717) is 0 Å². The first kappa shape index (κ1) is 13.2. The summed E-state index contributed by atoms with van der Waals surface area (Å²) in [4.78, 5) is 4.41. The minimum absolute atomic E-state index is 0.982. The highest BCUT2D eigenvalue weighted by Crippen LogP contribution is 2.04. The van der Waals surface area contributed by atoms with E-state index in [-0.39, 0.29) is 0 Å². The summed E-state index contributed by atoms with van der Waals surface area (Å²) in [7, 11) is 0. The summed E-state index contributed by atoms with van der Waals surface area (Å²) in [6, 6.07) is 0. The number of nitrogens with one attached hydrogen (secondary N) is 1. The van der Waals surface area contributed by atoms with Crippen LogP contribution in [0.2, 0.25) is 0 Å². The highest BCUT2D eigenvalue weighted by Gasteiger charge is 1.93.